The van der Waals surface area contributed by atoms with Crippen molar-refractivity contribution >= 4 is 12.4 Å². The molecule has 1 aromatic rings. The molecule has 2 heteroatoms. The molecule has 1 nitrogen and oxygen atoms in total. The van der Waals surface area contributed by atoms with Gasteiger partial charge in [0.15, 0.2) is 0 Å². The van der Waals surface area contributed by atoms with E-state index in [4.69, 9.17) is 5.73 Å². The molecule has 0 aliphatic rings. The van der Waals surface area contributed by atoms with E-state index in [1.54, 1.807) is 0 Å². The van der Waals surface area contributed by atoms with E-state index in [2.05, 4.69) is 65.8 Å². The largest absolute Gasteiger partial charge is 0.324 e. The highest BCUT2D eigenvalue weighted by Crippen LogP contribution is 2.31. The van der Waals surface area contributed by atoms with Crippen molar-refractivity contribution in [2.24, 2.45) is 11.1 Å². The summed E-state index contributed by atoms with van der Waals surface area (Å²) in [7, 11) is 0. The standard InChI is InChI=1S/C15H25N.ClH/c1-14(2,3)12-9-7-11(8-10-12)13(16)15(4,5)6;/h7-10,13H,16H2,1-6H3;1H/t13-;/m0./s1. The Morgan fingerprint density at radius 3 is 1.59 bits per heavy atom. The van der Waals surface area contributed by atoms with Crippen LogP contribution in [0.25, 0.3) is 0 Å². The van der Waals surface area contributed by atoms with Gasteiger partial charge in [0.2, 0.25) is 0 Å². The van der Waals surface area contributed by atoms with E-state index < -0.39 is 0 Å². The molecule has 0 unspecified atom stereocenters. The van der Waals surface area contributed by atoms with E-state index in [0.717, 1.165) is 0 Å². The Bertz CT molecular complexity index is 341. The van der Waals surface area contributed by atoms with E-state index in [1.165, 1.54) is 11.1 Å². The highest BCUT2D eigenvalue weighted by molar-refractivity contribution is 5.85. The van der Waals surface area contributed by atoms with Crippen molar-refractivity contribution in [3.63, 3.8) is 0 Å². The van der Waals surface area contributed by atoms with Gasteiger partial charge in [0.05, 0.1) is 0 Å². The maximum atomic E-state index is 6.23. The smallest absolute Gasteiger partial charge is 0.0344 e. The summed E-state index contributed by atoms with van der Waals surface area (Å²) in [5, 5.41) is 0. The number of rotatable bonds is 1. The number of halogens is 1. The summed E-state index contributed by atoms with van der Waals surface area (Å²) in [4.78, 5) is 0. The molecule has 0 aromatic heterocycles. The second kappa shape index (κ2) is 5.41. The van der Waals surface area contributed by atoms with Gasteiger partial charge in [-0.1, -0.05) is 65.8 Å². The van der Waals surface area contributed by atoms with Crippen molar-refractivity contribution < 1.29 is 0 Å². The molecule has 1 rings (SSSR count). The van der Waals surface area contributed by atoms with Gasteiger partial charge in [-0.3, -0.25) is 0 Å². The van der Waals surface area contributed by atoms with Crippen molar-refractivity contribution in [3.8, 4) is 0 Å². The summed E-state index contributed by atoms with van der Waals surface area (Å²) < 4.78 is 0. The van der Waals surface area contributed by atoms with Crippen molar-refractivity contribution in [2.45, 2.75) is 53.0 Å². The van der Waals surface area contributed by atoms with E-state index in [0.29, 0.717) is 0 Å². The Hall–Kier alpha value is -0.530. The molecule has 0 fully saturated rings. The average molecular weight is 256 g/mol. The van der Waals surface area contributed by atoms with Gasteiger partial charge in [0.25, 0.3) is 0 Å². The van der Waals surface area contributed by atoms with Crippen LogP contribution in [-0.2, 0) is 5.41 Å². The lowest BCUT2D eigenvalue weighted by atomic mass is 9.81. The molecule has 1 atom stereocenters. The van der Waals surface area contributed by atoms with Crippen LogP contribution in [0.4, 0.5) is 0 Å². The van der Waals surface area contributed by atoms with Crippen LogP contribution in [0.1, 0.15) is 58.7 Å². The molecule has 1 aromatic carbocycles. The van der Waals surface area contributed by atoms with E-state index >= 15 is 0 Å². The topological polar surface area (TPSA) is 26.0 Å². The summed E-state index contributed by atoms with van der Waals surface area (Å²) in [6.07, 6.45) is 0. The minimum Gasteiger partial charge on any atom is -0.324 e. The highest BCUT2D eigenvalue weighted by atomic mass is 35.5. The first kappa shape index (κ1) is 16.5. The molecule has 0 spiro atoms. The van der Waals surface area contributed by atoms with Gasteiger partial charge in [-0.05, 0) is 22.0 Å². The predicted molar refractivity (Wildman–Crippen MR) is 78.8 cm³/mol. The lowest BCUT2D eigenvalue weighted by molar-refractivity contribution is 0.327. The van der Waals surface area contributed by atoms with Crippen LogP contribution in [0, 0.1) is 5.41 Å². The highest BCUT2D eigenvalue weighted by Gasteiger charge is 2.22. The Morgan fingerprint density at radius 1 is 0.882 bits per heavy atom. The summed E-state index contributed by atoms with van der Waals surface area (Å²) in [6.45, 7) is 13.2. The first-order valence-corrected chi connectivity index (χ1v) is 5.98. The molecular formula is C15H26ClN. The molecule has 0 aliphatic carbocycles. The summed E-state index contributed by atoms with van der Waals surface area (Å²) in [5.74, 6) is 0. The van der Waals surface area contributed by atoms with Gasteiger partial charge in [0, 0.05) is 6.04 Å². The zero-order valence-corrected chi connectivity index (χ0v) is 12.7. The maximum Gasteiger partial charge on any atom is 0.0344 e. The van der Waals surface area contributed by atoms with Crippen LogP contribution in [0.2, 0.25) is 0 Å². The van der Waals surface area contributed by atoms with Crippen LogP contribution in [0.15, 0.2) is 24.3 Å². The molecule has 0 bridgehead atoms. The second-order valence-corrected chi connectivity index (χ2v) is 6.72. The van der Waals surface area contributed by atoms with Crippen LogP contribution in [-0.4, -0.2) is 0 Å². The fourth-order valence-corrected chi connectivity index (χ4v) is 1.69. The van der Waals surface area contributed by atoms with Crippen molar-refractivity contribution in [3.05, 3.63) is 35.4 Å². The summed E-state index contributed by atoms with van der Waals surface area (Å²) in [6, 6.07) is 8.82. The maximum absolute atomic E-state index is 6.23. The monoisotopic (exact) mass is 255 g/mol. The Morgan fingerprint density at radius 2 is 1.29 bits per heavy atom. The van der Waals surface area contributed by atoms with E-state index in [-0.39, 0.29) is 29.3 Å². The van der Waals surface area contributed by atoms with Crippen LogP contribution in [0.5, 0.6) is 0 Å². The number of benzene rings is 1. The number of nitrogens with two attached hydrogens (primary N) is 1. The third kappa shape index (κ3) is 4.33. The molecule has 0 saturated heterocycles. The van der Waals surface area contributed by atoms with E-state index in [1.807, 2.05) is 0 Å². The zero-order valence-electron chi connectivity index (χ0n) is 11.9. The molecule has 2 N–H and O–H groups in total. The lowest BCUT2D eigenvalue weighted by Gasteiger charge is -2.28. The minimum atomic E-state index is 0. The molecule has 0 aliphatic heterocycles. The van der Waals surface area contributed by atoms with Crippen molar-refractivity contribution in [1.29, 1.82) is 0 Å². The fourth-order valence-electron chi connectivity index (χ4n) is 1.69. The van der Waals surface area contributed by atoms with Gasteiger partial charge in [-0.15, -0.1) is 12.4 Å². The van der Waals surface area contributed by atoms with Crippen LogP contribution in [0.3, 0.4) is 0 Å². The third-order valence-corrected chi connectivity index (χ3v) is 3.07. The van der Waals surface area contributed by atoms with Gasteiger partial charge in [0.1, 0.15) is 0 Å². The molecule has 0 saturated carbocycles. The normalized spacial score (nSPS) is 14.1. The Labute approximate surface area is 112 Å². The van der Waals surface area contributed by atoms with Gasteiger partial charge < -0.3 is 5.73 Å². The molecule has 0 amide bonds. The SMILES string of the molecule is CC(C)(C)c1ccc([C@H](N)C(C)(C)C)cc1.Cl. The molecule has 17 heavy (non-hydrogen) atoms. The molecule has 0 heterocycles. The first-order chi connectivity index (χ1) is 7.12. The van der Waals surface area contributed by atoms with Crippen molar-refractivity contribution in [2.75, 3.05) is 0 Å². The first-order valence-electron chi connectivity index (χ1n) is 5.98. The van der Waals surface area contributed by atoms with Crippen LogP contribution < -0.4 is 5.73 Å². The zero-order chi connectivity index (χ0) is 12.6. The second-order valence-electron chi connectivity index (χ2n) is 6.72. The quantitative estimate of drug-likeness (QED) is 0.788. The number of hydrogen-bond donors (Lipinski definition) is 1. The lowest BCUT2D eigenvalue weighted by Crippen LogP contribution is -2.26. The fraction of sp³-hybridized carbons (Fsp3) is 0.600. The van der Waals surface area contributed by atoms with Crippen molar-refractivity contribution in [1.82, 2.24) is 0 Å². The summed E-state index contributed by atoms with van der Waals surface area (Å²) in [5.41, 5.74) is 9.14. The van der Waals surface area contributed by atoms with E-state index in [9.17, 15) is 0 Å². The van der Waals surface area contributed by atoms with Crippen LogP contribution >= 0.6 is 12.4 Å². The van der Waals surface area contributed by atoms with Gasteiger partial charge in [-0.2, -0.15) is 0 Å². The van der Waals surface area contributed by atoms with Gasteiger partial charge in [-0.25, -0.2) is 0 Å². The Kier molecular flexibility index (Phi) is 5.24. The third-order valence-electron chi connectivity index (χ3n) is 3.07. The molecule has 0 radical (unpaired) electrons. The molecular weight excluding hydrogens is 230 g/mol. The average Bonchev–Trinajstić information content (AvgIpc) is 2.14. The molecule has 98 valence electrons. The Balaban J connectivity index is 0.00000256. The van der Waals surface area contributed by atoms with Gasteiger partial charge >= 0.3 is 0 Å². The predicted octanol–water partition coefficient (Wildman–Crippen LogP) is 4.45. The number of hydrogen-bond acceptors (Lipinski definition) is 1. The minimum absolute atomic E-state index is 0. The summed E-state index contributed by atoms with van der Waals surface area (Å²) >= 11 is 0.